The monoisotopic (exact) mass is 218 g/mol. The molecule has 0 aliphatic heterocycles. The molecular weight excluding hydrogens is 212 g/mol. The van der Waals surface area contributed by atoms with Gasteiger partial charge in [-0.05, 0) is 12.1 Å². The van der Waals surface area contributed by atoms with Crippen LogP contribution >= 0.6 is 11.6 Å². The van der Waals surface area contributed by atoms with E-state index in [1.807, 2.05) is 18.3 Å². The summed E-state index contributed by atoms with van der Waals surface area (Å²) in [6.07, 6.45) is 6.79. The molecule has 3 rings (SSSR count). The summed E-state index contributed by atoms with van der Waals surface area (Å²) in [5.41, 5.74) is 2.75. The van der Waals surface area contributed by atoms with Crippen molar-refractivity contribution in [2.45, 2.75) is 0 Å². The van der Waals surface area contributed by atoms with Gasteiger partial charge in [-0.2, -0.15) is 0 Å². The maximum atomic E-state index is 6.13. The van der Waals surface area contributed by atoms with E-state index in [-0.39, 0.29) is 0 Å². The van der Waals surface area contributed by atoms with Crippen LogP contribution in [0.4, 0.5) is 0 Å². The van der Waals surface area contributed by atoms with E-state index < -0.39 is 0 Å². The van der Waals surface area contributed by atoms with Crippen molar-refractivity contribution in [1.29, 1.82) is 0 Å². The number of nitrogens with one attached hydrogen (secondary N) is 1. The number of furan rings is 1. The second kappa shape index (κ2) is 3.14. The van der Waals surface area contributed by atoms with Gasteiger partial charge < -0.3 is 9.40 Å². The summed E-state index contributed by atoms with van der Waals surface area (Å²) in [4.78, 5) is 7.24. The minimum atomic E-state index is 0.628. The molecule has 3 aromatic rings. The van der Waals surface area contributed by atoms with E-state index in [2.05, 4.69) is 9.97 Å². The number of fused-ring (bicyclic) bond motifs is 1. The molecule has 0 radical (unpaired) electrons. The van der Waals surface area contributed by atoms with Gasteiger partial charge in [0.25, 0.3) is 0 Å². The van der Waals surface area contributed by atoms with E-state index >= 15 is 0 Å². The molecule has 3 heterocycles. The van der Waals surface area contributed by atoms with E-state index in [9.17, 15) is 0 Å². The molecule has 0 fully saturated rings. The minimum Gasteiger partial charge on any atom is -0.472 e. The summed E-state index contributed by atoms with van der Waals surface area (Å²) < 4.78 is 5.06. The summed E-state index contributed by atoms with van der Waals surface area (Å²) in [5.74, 6) is 0. The van der Waals surface area contributed by atoms with Gasteiger partial charge in [-0.15, -0.1) is 0 Å². The van der Waals surface area contributed by atoms with Gasteiger partial charge in [-0.3, -0.25) is 0 Å². The third kappa shape index (κ3) is 1.24. The molecular formula is C11H7ClN2O. The van der Waals surface area contributed by atoms with Crippen molar-refractivity contribution in [3.8, 4) is 11.1 Å². The van der Waals surface area contributed by atoms with Crippen LogP contribution in [-0.2, 0) is 0 Å². The summed E-state index contributed by atoms with van der Waals surface area (Å²) in [7, 11) is 0. The summed E-state index contributed by atoms with van der Waals surface area (Å²) >= 11 is 6.13. The normalized spacial score (nSPS) is 11.0. The Bertz CT molecular complexity index is 598. The van der Waals surface area contributed by atoms with Crippen LogP contribution in [0.5, 0.6) is 0 Å². The fourth-order valence-corrected chi connectivity index (χ4v) is 1.94. The number of hydrogen-bond donors (Lipinski definition) is 1. The van der Waals surface area contributed by atoms with Crippen LogP contribution in [0.3, 0.4) is 0 Å². The Morgan fingerprint density at radius 2 is 2.27 bits per heavy atom. The number of hydrogen-bond acceptors (Lipinski definition) is 2. The molecule has 3 nitrogen and oxygen atoms in total. The maximum Gasteiger partial charge on any atom is 0.137 e. The lowest BCUT2D eigenvalue weighted by atomic mass is 10.1. The third-order valence-corrected chi connectivity index (χ3v) is 2.64. The van der Waals surface area contributed by atoms with Crippen molar-refractivity contribution in [2.24, 2.45) is 0 Å². The largest absolute Gasteiger partial charge is 0.472 e. The first-order valence-corrected chi connectivity index (χ1v) is 4.88. The maximum absolute atomic E-state index is 6.13. The Morgan fingerprint density at radius 3 is 3.07 bits per heavy atom. The molecule has 0 unspecified atom stereocenters. The van der Waals surface area contributed by atoms with Gasteiger partial charge >= 0.3 is 0 Å². The quantitative estimate of drug-likeness (QED) is 0.680. The van der Waals surface area contributed by atoms with Crippen molar-refractivity contribution in [1.82, 2.24) is 9.97 Å². The highest BCUT2D eigenvalue weighted by molar-refractivity contribution is 6.34. The highest BCUT2D eigenvalue weighted by Crippen LogP contribution is 2.33. The Kier molecular flexibility index (Phi) is 1.79. The van der Waals surface area contributed by atoms with Gasteiger partial charge in [-0.25, -0.2) is 4.98 Å². The van der Waals surface area contributed by atoms with Gasteiger partial charge in [0, 0.05) is 28.9 Å². The standard InChI is InChI=1S/C11H7ClN2O/c12-9-5-14-11-8(1-3-13-11)10(9)7-2-4-15-6-7/h1-6H,(H,13,14). The van der Waals surface area contributed by atoms with Crippen LogP contribution in [-0.4, -0.2) is 9.97 Å². The number of nitrogens with zero attached hydrogens (tertiary/aromatic N) is 1. The van der Waals surface area contributed by atoms with Crippen LogP contribution in [0, 0.1) is 0 Å². The highest BCUT2D eigenvalue weighted by Gasteiger charge is 2.10. The first kappa shape index (κ1) is 8.56. The van der Waals surface area contributed by atoms with Gasteiger partial charge in [0.15, 0.2) is 0 Å². The molecule has 0 aliphatic rings. The molecule has 3 aromatic heterocycles. The van der Waals surface area contributed by atoms with Crippen LogP contribution < -0.4 is 0 Å². The molecule has 0 aromatic carbocycles. The Morgan fingerprint density at radius 1 is 1.33 bits per heavy atom. The average Bonchev–Trinajstić information content (AvgIpc) is 2.85. The molecule has 0 spiro atoms. The van der Waals surface area contributed by atoms with Crippen molar-refractivity contribution in [3.63, 3.8) is 0 Å². The number of pyridine rings is 1. The lowest BCUT2D eigenvalue weighted by Crippen LogP contribution is -1.82. The van der Waals surface area contributed by atoms with E-state index in [1.165, 1.54) is 0 Å². The molecule has 4 heteroatoms. The predicted octanol–water partition coefficient (Wildman–Crippen LogP) is 3.48. The SMILES string of the molecule is Clc1cnc2[nH]ccc2c1-c1ccoc1. The lowest BCUT2D eigenvalue weighted by Gasteiger charge is -2.02. The summed E-state index contributed by atoms with van der Waals surface area (Å²) in [6.45, 7) is 0. The minimum absolute atomic E-state index is 0.628. The zero-order valence-corrected chi connectivity index (χ0v) is 8.45. The number of halogens is 1. The summed E-state index contributed by atoms with van der Waals surface area (Å²) in [6, 6.07) is 3.84. The van der Waals surface area contributed by atoms with Crippen molar-refractivity contribution >= 4 is 22.6 Å². The predicted molar refractivity (Wildman–Crippen MR) is 58.8 cm³/mol. The van der Waals surface area contributed by atoms with E-state index in [0.717, 1.165) is 22.2 Å². The number of rotatable bonds is 1. The zero-order valence-electron chi connectivity index (χ0n) is 7.70. The van der Waals surface area contributed by atoms with E-state index in [0.29, 0.717) is 5.02 Å². The van der Waals surface area contributed by atoms with Gasteiger partial charge in [-0.1, -0.05) is 11.6 Å². The van der Waals surface area contributed by atoms with Crippen LogP contribution in [0.1, 0.15) is 0 Å². The molecule has 1 N–H and O–H groups in total. The molecule has 0 saturated heterocycles. The topological polar surface area (TPSA) is 41.8 Å². The van der Waals surface area contributed by atoms with Gasteiger partial charge in [0.2, 0.25) is 0 Å². The average molecular weight is 219 g/mol. The molecule has 0 atom stereocenters. The zero-order chi connectivity index (χ0) is 10.3. The summed E-state index contributed by atoms with van der Waals surface area (Å²) in [5, 5.41) is 1.63. The van der Waals surface area contributed by atoms with E-state index in [4.69, 9.17) is 16.0 Å². The number of aromatic amines is 1. The van der Waals surface area contributed by atoms with E-state index in [1.54, 1.807) is 18.7 Å². The molecule has 0 aliphatic carbocycles. The van der Waals surface area contributed by atoms with Crippen LogP contribution in [0.2, 0.25) is 5.02 Å². The number of H-pyrrole nitrogens is 1. The molecule has 15 heavy (non-hydrogen) atoms. The van der Waals surface area contributed by atoms with Gasteiger partial charge in [0.05, 0.1) is 17.5 Å². The second-order valence-corrected chi connectivity index (χ2v) is 3.64. The smallest absolute Gasteiger partial charge is 0.137 e. The highest BCUT2D eigenvalue weighted by atomic mass is 35.5. The van der Waals surface area contributed by atoms with Crippen molar-refractivity contribution in [3.05, 3.63) is 42.1 Å². The fraction of sp³-hybridized carbons (Fsp3) is 0. The Balaban J connectivity index is 2.41. The molecule has 0 amide bonds. The molecule has 74 valence electrons. The fourth-order valence-electron chi connectivity index (χ4n) is 1.68. The molecule has 0 saturated carbocycles. The first-order chi connectivity index (χ1) is 7.36. The van der Waals surface area contributed by atoms with Crippen LogP contribution in [0.25, 0.3) is 22.2 Å². The van der Waals surface area contributed by atoms with Crippen molar-refractivity contribution in [2.75, 3.05) is 0 Å². The van der Waals surface area contributed by atoms with Crippen LogP contribution in [0.15, 0.2) is 41.5 Å². The first-order valence-electron chi connectivity index (χ1n) is 4.50. The lowest BCUT2D eigenvalue weighted by molar-refractivity contribution is 0.568. The molecule has 0 bridgehead atoms. The van der Waals surface area contributed by atoms with Crippen molar-refractivity contribution < 1.29 is 4.42 Å². The number of aromatic nitrogens is 2. The third-order valence-electron chi connectivity index (χ3n) is 2.35. The Hall–Kier alpha value is -1.74. The van der Waals surface area contributed by atoms with Gasteiger partial charge in [0.1, 0.15) is 5.65 Å². The second-order valence-electron chi connectivity index (χ2n) is 3.23. The Labute approximate surface area is 90.7 Å².